The molecule has 9 heteroatoms. The molecule has 2 aromatic rings. The lowest BCUT2D eigenvalue weighted by Gasteiger charge is -2.28. The fourth-order valence-electron chi connectivity index (χ4n) is 4.53. The van der Waals surface area contributed by atoms with Crippen molar-refractivity contribution in [1.82, 2.24) is 15.5 Å². The van der Waals surface area contributed by atoms with E-state index >= 15 is 0 Å². The maximum absolute atomic E-state index is 13.0. The molecule has 4 rings (SSSR count). The normalized spacial score (nSPS) is 16.4. The monoisotopic (exact) mass is 465 g/mol. The first kappa shape index (κ1) is 23.3. The number of hydrogen-bond donors (Lipinski definition) is 3. The fourth-order valence-corrected chi connectivity index (χ4v) is 4.53. The molecule has 1 saturated heterocycles. The Bertz CT molecular complexity index is 1060. The standard InChI is InChI=1S/C25H27N3O6/c29-22-10-13-28(12-5-11-26-22)24(32)21(14-23(30)31)27-25(33)34-15-20-18-8-3-1-6-16(18)17-7-2-4-9-19(17)20/h1-4,6-9,20-21H,5,10-15H2,(H,26,29)(H,27,33)(H,30,31). The molecule has 1 fully saturated rings. The molecule has 2 aromatic carbocycles. The van der Waals surface area contributed by atoms with E-state index in [-0.39, 0.29) is 31.4 Å². The summed E-state index contributed by atoms with van der Waals surface area (Å²) in [5.74, 6) is -2.08. The van der Waals surface area contributed by atoms with Gasteiger partial charge < -0.3 is 25.4 Å². The summed E-state index contributed by atoms with van der Waals surface area (Å²) in [6.07, 6.45) is -0.768. The molecule has 0 radical (unpaired) electrons. The van der Waals surface area contributed by atoms with E-state index in [0.717, 1.165) is 22.3 Å². The Morgan fingerprint density at radius 2 is 1.71 bits per heavy atom. The van der Waals surface area contributed by atoms with Crippen LogP contribution in [0.1, 0.15) is 36.3 Å². The highest BCUT2D eigenvalue weighted by atomic mass is 16.5. The minimum Gasteiger partial charge on any atom is -0.481 e. The van der Waals surface area contributed by atoms with Gasteiger partial charge >= 0.3 is 12.1 Å². The molecule has 1 aliphatic heterocycles. The Balaban J connectivity index is 1.42. The number of nitrogens with zero attached hydrogens (tertiary/aromatic N) is 1. The number of carbonyl (C=O) groups is 4. The lowest BCUT2D eigenvalue weighted by atomic mass is 9.98. The van der Waals surface area contributed by atoms with Gasteiger partial charge in [0.2, 0.25) is 11.8 Å². The largest absolute Gasteiger partial charge is 0.481 e. The molecule has 0 saturated carbocycles. The van der Waals surface area contributed by atoms with Crippen molar-refractivity contribution >= 4 is 23.9 Å². The zero-order chi connectivity index (χ0) is 24.1. The number of alkyl carbamates (subject to hydrolysis) is 1. The number of rotatable bonds is 6. The summed E-state index contributed by atoms with van der Waals surface area (Å²) in [5, 5.41) is 14.4. The van der Waals surface area contributed by atoms with Crippen LogP contribution in [-0.4, -0.2) is 66.2 Å². The molecule has 0 spiro atoms. The SMILES string of the molecule is O=C(O)CC(NC(=O)OCC1c2ccccc2-c2ccccc21)C(=O)N1CCCNC(=O)CC1. The fraction of sp³-hybridized carbons (Fsp3) is 0.360. The third kappa shape index (κ3) is 5.19. The second-order valence-electron chi connectivity index (χ2n) is 8.40. The van der Waals surface area contributed by atoms with Gasteiger partial charge in [-0.1, -0.05) is 48.5 Å². The maximum atomic E-state index is 13.0. The minimum atomic E-state index is -1.28. The van der Waals surface area contributed by atoms with Crippen molar-refractivity contribution in [1.29, 1.82) is 0 Å². The highest BCUT2D eigenvalue weighted by molar-refractivity contribution is 5.90. The van der Waals surface area contributed by atoms with Crippen LogP contribution in [0.15, 0.2) is 48.5 Å². The lowest BCUT2D eigenvalue weighted by Crippen LogP contribution is -2.51. The summed E-state index contributed by atoms with van der Waals surface area (Å²) in [6, 6.07) is 14.6. The topological polar surface area (TPSA) is 125 Å². The lowest BCUT2D eigenvalue weighted by molar-refractivity contribution is -0.143. The number of carboxylic acid groups (broad SMARTS) is 1. The van der Waals surface area contributed by atoms with Gasteiger partial charge in [0.1, 0.15) is 12.6 Å². The molecule has 0 aromatic heterocycles. The van der Waals surface area contributed by atoms with Crippen LogP contribution in [0.4, 0.5) is 4.79 Å². The summed E-state index contributed by atoms with van der Waals surface area (Å²) in [7, 11) is 0. The van der Waals surface area contributed by atoms with Gasteiger partial charge in [-0.15, -0.1) is 0 Å². The van der Waals surface area contributed by atoms with Crippen LogP contribution in [-0.2, 0) is 19.1 Å². The first-order valence-corrected chi connectivity index (χ1v) is 11.3. The van der Waals surface area contributed by atoms with Gasteiger partial charge in [0.15, 0.2) is 0 Å². The van der Waals surface area contributed by atoms with E-state index in [1.54, 1.807) is 0 Å². The number of fused-ring (bicyclic) bond motifs is 3. The highest BCUT2D eigenvalue weighted by Crippen LogP contribution is 2.44. The number of carboxylic acids is 1. The Hall–Kier alpha value is -3.88. The molecule has 3 N–H and O–H groups in total. The molecule has 34 heavy (non-hydrogen) atoms. The van der Waals surface area contributed by atoms with Gasteiger partial charge in [0.25, 0.3) is 0 Å². The van der Waals surface area contributed by atoms with Gasteiger partial charge in [-0.2, -0.15) is 0 Å². The number of aliphatic carboxylic acids is 1. The van der Waals surface area contributed by atoms with Crippen molar-refractivity contribution in [3.8, 4) is 11.1 Å². The van der Waals surface area contributed by atoms with Gasteiger partial charge in [-0.25, -0.2) is 4.79 Å². The number of hydrogen-bond acceptors (Lipinski definition) is 5. The highest BCUT2D eigenvalue weighted by Gasteiger charge is 2.32. The first-order valence-electron chi connectivity index (χ1n) is 11.3. The average molecular weight is 466 g/mol. The second kappa shape index (κ2) is 10.4. The number of nitrogens with one attached hydrogen (secondary N) is 2. The number of ether oxygens (including phenoxy) is 1. The molecule has 1 atom stereocenters. The molecule has 9 nitrogen and oxygen atoms in total. The average Bonchev–Trinajstić information content (AvgIpc) is 3.13. The van der Waals surface area contributed by atoms with Crippen LogP contribution in [0, 0.1) is 0 Å². The van der Waals surface area contributed by atoms with Crippen LogP contribution in [0.25, 0.3) is 11.1 Å². The van der Waals surface area contributed by atoms with E-state index in [2.05, 4.69) is 10.6 Å². The van der Waals surface area contributed by atoms with Crippen LogP contribution < -0.4 is 10.6 Å². The van der Waals surface area contributed by atoms with Crippen molar-refractivity contribution in [3.05, 3.63) is 59.7 Å². The maximum Gasteiger partial charge on any atom is 0.407 e. The van der Waals surface area contributed by atoms with Crippen molar-refractivity contribution in [2.45, 2.75) is 31.2 Å². The molecule has 1 heterocycles. The first-order chi connectivity index (χ1) is 16.4. The Morgan fingerprint density at radius 3 is 2.35 bits per heavy atom. The zero-order valence-corrected chi connectivity index (χ0v) is 18.7. The zero-order valence-electron chi connectivity index (χ0n) is 18.7. The summed E-state index contributed by atoms with van der Waals surface area (Å²) >= 11 is 0. The third-order valence-electron chi connectivity index (χ3n) is 6.16. The molecule has 2 aliphatic rings. The van der Waals surface area contributed by atoms with Crippen molar-refractivity contribution in [3.63, 3.8) is 0 Å². The Kier molecular flexibility index (Phi) is 7.10. The van der Waals surface area contributed by atoms with Crippen LogP contribution >= 0.6 is 0 Å². The molecular formula is C25H27N3O6. The van der Waals surface area contributed by atoms with E-state index in [4.69, 9.17) is 4.74 Å². The minimum absolute atomic E-state index is 0.0533. The summed E-state index contributed by atoms with van der Waals surface area (Å²) in [4.78, 5) is 50.1. The van der Waals surface area contributed by atoms with Gasteiger partial charge in [0.05, 0.1) is 6.42 Å². The Morgan fingerprint density at radius 1 is 1.06 bits per heavy atom. The van der Waals surface area contributed by atoms with E-state index in [9.17, 15) is 24.3 Å². The number of amides is 3. The summed E-state index contributed by atoms with van der Waals surface area (Å²) < 4.78 is 5.47. The molecule has 178 valence electrons. The van der Waals surface area contributed by atoms with Gasteiger partial charge in [0, 0.05) is 32.0 Å². The van der Waals surface area contributed by atoms with Gasteiger partial charge in [-0.3, -0.25) is 14.4 Å². The molecule has 1 aliphatic carbocycles. The molecule has 3 amide bonds. The number of benzene rings is 2. The Labute approximate surface area is 197 Å². The second-order valence-corrected chi connectivity index (χ2v) is 8.40. The predicted octanol–water partition coefficient (Wildman–Crippen LogP) is 2.11. The van der Waals surface area contributed by atoms with E-state index in [1.807, 2.05) is 48.5 Å². The van der Waals surface area contributed by atoms with E-state index < -0.39 is 30.4 Å². The molecular weight excluding hydrogens is 438 g/mol. The summed E-state index contributed by atoms with van der Waals surface area (Å²) in [5.41, 5.74) is 4.28. The van der Waals surface area contributed by atoms with Crippen molar-refractivity contribution < 1.29 is 29.0 Å². The quantitative estimate of drug-likeness (QED) is 0.600. The van der Waals surface area contributed by atoms with Crippen molar-refractivity contribution in [2.75, 3.05) is 26.2 Å². The predicted molar refractivity (Wildman–Crippen MR) is 123 cm³/mol. The van der Waals surface area contributed by atoms with Crippen molar-refractivity contribution in [2.24, 2.45) is 0 Å². The third-order valence-corrected chi connectivity index (χ3v) is 6.16. The molecule has 0 bridgehead atoms. The van der Waals surface area contributed by atoms with E-state index in [0.29, 0.717) is 19.5 Å². The van der Waals surface area contributed by atoms with Crippen LogP contribution in [0.2, 0.25) is 0 Å². The molecule has 1 unspecified atom stereocenters. The smallest absolute Gasteiger partial charge is 0.407 e. The van der Waals surface area contributed by atoms with Gasteiger partial charge in [-0.05, 0) is 28.7 Å². The number of carbonyl (C=O) groups excluding carboxylic acids is 3. The van der Waals surface area contributed by atoms with E-state index in [1.165, 1.54) is 4.90 Å². The van der Waals surface area contributed by atoms with Crippen LogP contribution in [0.3, 0.4) is 0 Å². The van der Waals surface area contributed by atoms with Crippen LogP contribution in [0.5, 0.6) is 0 Å². The summed E-state index contributed by atoms with van der Waals surface area (Å²) in [6.45, 7) is 1.01.